The number of aliphatic hydroxyl groups is 1. The molecule has 0 saturated carbocycles. The summed E-state index contributed by atoms with van der Waals surface area (Å²) in [6.07, 6.45) is -0.920. The number of benzene rings is 2. The van der Waals surface area contributed by atoms with Gasteiger partial charge in [0.05, 0.1) is 44.4 Å². The Bertz CT molecular complexity index is 1650. The van der Waals surface area contributed by atoms with Crippen LogP contribution in [0.5, 0.6) is 0 Å². The van der Waals surface area contributed by atoms with Crippen LogP contribution in [-0.2, 0) is 32.7 Å². The highest BCUT2D eigenvalue weighted by Gasteiger charge is 2.60. The van der Waals surface area contributed by atoms with Crippen molar-refractivity contribution >= 4 is 38.4 Å². The van der Waals surface area contributed by atoms with Gasteiger partial charge < -0.3 is 24.1 Å². The Morgan fingerprint density at radius 2 is 1.85 bits per heavy atom. The fraction of sp³-hybridized carbons (Fsp3) is 0.517. The number of likely N-dealkylation sites (N-methyl/N-ethyl adjacent to an activating group) is 1. The minimum absolute atomic E-state index is 0.147. The summed E-state index contributed by atoms with van der Waals surface area (Å²) in [4.78, 5) is 26.9. The molecule has 2 fully saturated rings. The van der Waals surface area contributed by atoms with Crippen molar-refractivity contribution < 1.29 is 37.2 Å². The van der Waals surface area contributed by atoms with E-state index in [-0.39, 0.29) is 12.2 Å². The summed E-state index contributed by atoms with van der Waals surface area (Å²) in [5.41, 5.74) is 2.79. The number of sulfonamides is 1. The number of amides is 1. The van der Waals surface area contributed by atoms with Gasteiger partial charge in [0.1, 0.15) is 49.9 Å². The normalized spacial score (nSPS) is 29.6. The molecule has 0 unspecified atom stereocenters. The van der Waals surface area contributed by atoms with Crippen LogP contribution in [0.25, 0.3) is 10.8 Å². The van der Waals surface area contributed by atoms with E-state index in [1.807, 2.05) is 19.1 Å². The number of quaternary nitrogens is 2. The molecular formula is C29H36N4O6S+2. The minimum atomic E-state index is -3.98. The first kappa shape index (κ1) is 25.9. The van der Waals surface area contributed by atoms with Crippen molar-refractivity contribution in [3.63, 3.8) is 0 Å². The van der Waals surface area contributed by atoms with Crippen LogP contribution in [0.3, 0.4) is 0 Å². The number of β-lactam (4-membered cyclic amide) rings is 1. The molecular weight excluding hydrogens is 532 g/mol. The maximum atomic E-state index is 14.4. The Morgan fingerprint density at radius 1 is 1.15 bits per heavy atom. The summed E-state index contributed by atoms with van der Waals surface area (Å²) >= 11 is 0. The lowest BCUT2D eigenvalue weighted by Gasteiger charge is -2.46. The second-order valence-corrected chi connectivity index (χ2v) is 15.0. The fourth-order valence-electron chi connectivity index (χ4n) is 7.98. The molecule has 5 aliphatic heterocycles. The van der Waals surface area contributed by atoms with E-state index in [1.54, 1.807) is 6.07 Å². The number of carbonyl (C=O) groups excluding carboxylic acids is 1. The van der Waals surface area contributed by atoms with Crippen LogP contribution in [0.1, 0.15) is 25.0 Å². The summed E-state index contributed by atoms with van der Waals surface area (Å²) in [5, 5.41) is 21.9. The van der Waals surface area contributed by atoms with Crippen LogP contribution in [0.4, 0.5) is 5.69 Å². The van der Waals surface area contributed by atoms with Crippen molar-refractivity contribution in [1.29, 1.82) is 0 Å². The zero-order valence-electron chi connectivity index (χ0n) is 23.3. The summed E-state index contributed by atoms with van der Waals surface area (Å²) in [7, 11) is 0.502. The van der Waals surface area contributed by atoms with Gasteiger partial charge in [0.15, 0.2) is 0 Å². The van der Waals surface area contributed by atoms with Gasteiger partial charge in [0.25, 0.3) is 10.0 Å². The third-order valence-corrected chi connectivity index (χ3v) is 12.2. The number of fused-ring (bicyclic) bond motifs is 3. The molecule has 0 aliphatic carbocycles. The van der Waals surface area contributed by atoms with E-state index in [0.717, 1.165) is 58.2 Å². The van der Waals surface area contributed by atoms with Crippen LogP contribution in [0.2, 0.25) is 0 Å². The number of aliphatic hydroxyl groups excluding tert-OH is 1. The molecule has 2 saturated heterocycles. The van der Waals surface area contributed by atoms with E-state index in [4.69, 9.17) is 0 Å². The number of carboxylic acid groups (broad SMARTS) is 1. The molecule has 11 heteroatoms. The van der Waals surface area contributed by atoms with E-state index in [0.29, 0.717) is 28.1 Å². The fourth-order valence-corrected chi connectivity index (χ4v) is 9.91. The van der Waals surface area contributed by atoms with Gasteiger partial charge in [0, 0.05) is 22.4 Å². The largest absolute Gasteiger partial charge is 0.477 e. The molecule has 4 atom stereocenters. The molecule has 5 aliphatic rings. The summed E-state index contributed by atoms with van der Waals surface area (Å²) in [5.74, 6) is -2.79. The molecule has 1 spiro atoms. The third kappa shape index (κ3) is 3.29. The standard InChI is InChI=1S/C29H35N4O6S/c1-16-20(26(29(36)37)31-25(16)23(17(2)34)28(31)35)13-30-22-7-5-6-18-12-19-14-33(10-8-32(3,4)9-11-33)15-21(19)27(24(18)22)40(30,38)39/h5-7,12,16-17,23,25,34H,8-11,13-15H2,1-4H3/q+1/p+1/t16-,17+,23+,25+/m0/s1. The molecule has 1 amide bonds. The Labute approximate surface area is 233 Å². The molecule has 10 nitrogen and oxygen atoms in total. The third-order valence-electron chi connectivity index (χ3n) is 10.3. The van der Waals surface area contributed by atoms with Gasteiger partial charge in [-0.15, -0.1) is 0 Å². The number of anilines is 1. The first-order chi connectivity index (χ1) is 18.8. The van der Waals surface area contributed by atoms with E-state index in [2.05, 4.69) is 20.2 Å². The predicted octanol–water partition coefficient (Wildman–Crippen LogP) is 1.47. The van der Waals surface area contributed by atoms with E-state index in [1.165, 1.54) is 16.1 Å². The maximum absolute atomic E-state index is 14.4. The Kier molecular flexibility index (Phi) is 5.23. The number of hydrogen-bond acceptors (Lipinski definition) is 5. The van der Waals surface area contributed by atoms with E-state index >= 15 is 0 Å². The molecule has 7 rings (SSSR count). The summed E-state index contributed by atoms with van der Waals surface area (Å²) in [6.45, 7) is 8.79. The van der Waals surface area contributed by atoms with E-state index < -0.39 is 45.9 Å². The van der Waals surface area contributed by atoms with Crippen molar-refractivity contribution in [1.82, 2.24) is 4.90 Å². The van der Waals surface area contributed by atoms with Crippen molar-refractivity contribution in [2.75, 3.05) is 51.1 Å². The molecule has 5 heterocycles. The lowest BCUT2D eigenvalue weighted by Crippen LogP contribution is -2.63. The van der Waals surface area contributed by atoms with Crippen LogP contribution in [0, 0.1) is 11.8 Å². The van der Waals surface area contributed by atoms with Crippen LogP contribution >= 0.6 is 0 Å². The molecule has 0 aromatic heterocycles. The summed E-state index contributed by atoms with van der Waals surface area (Å²) < 4.78 is 32.0. The van der Waals surface area contributed by atoms with Crippen molar-refractivity contribution in [3.05, 3.63) is 46.7 Å². The van der Waals surface area contributed by atoms with Crippen molar-refractivity contribution in [2.45, 2.75) is 44.0 Å². The highest BCUT2D eigenvalue weighted by atomic mass is 32.2. The first-order valence-electron chi connectivity index (χ1n) is 14.0. The van der Waals surface area contributed by atoms with Gasteiger partial charge >= 0.3 is 5.97 Å². The number of rotatable bonds is 4. The van der Waals surface area contributed by atoms with Gasteiger partial charge in [-0.1, -0.05) is 19.1 Å². The topological polar surface area (TPSA) is 115 Å². The Hall–Kier alpha value is -2.99. The zero-order chi connectivity index (χ0) is 28.5. The van der Waals surface area contributed by atoms with Gasteiger partial charge in [-0.2, -0.15) is 0 Å². The minimum Gasteiger partial charge on any atom is -0.477 e. The lowest BCUT2D eigenvalue weighted by atomic mass is 9.78. The highest BCUT2D eigenvalue weighted by molar-refractivity contribution is 7.93. The quantitative estimate of drug-likeness (QED) is 0.427. The predicted molar refractivity (Wildman–Crippen MR) is 147 cm³/mol. The second kappa shape index (κ2) is 8.06. The van der Waals surface area contributed by atoms with Crippen LogP contribution in [-0.4, -0.2) is 103 Å². The number of carbonyl (C=O) groups is 2. The average molecular weight is 569 g/mol. The number of hydrogen-bond donors (Lipinski definition) is 2. The monoisotopic (exact) mass is 568 g/mol. The van der Waals surface area contributed by atoms with Gasteiger partial charge in [0.2, 0.25) is 5.91 Å². The Morgan fingerprint density at radius 3 is 2.50 bits per heavy atom. The molecule has 0 radical (unpaired) electrons. The van der Waals surface area contributed by atoms with E-state index in [9.17, 15) is 28.2 Å². The van der Waals surface area contributed by atoms with Crippen LogP contribution < -0.4 is 4.31 Å². The molecule has 212 valence electrons. The average Bonchev–Trinajstić information content (AvgIpc) is 3.42. The van der Waals surface area contributed by atoms with Gasteiger partial charge in [-0.3, -0.25) is 9.10 Å². The SMILES string of the molecule is C[C@@H](O)[C@H]1C(=O)N2C(C(=O)O)=C(CN3c4cccc5cc6c(c(c45)S3(=O)=O)C[N+]3(CC[N+](C)(C)CC3)C6)[C@H](C)[C@H]12. The van der Waals surface area contributed by atoms with Crippen molar-refractivity contribution in [3.8, 4) is 0 Å². The molecule has 2 N–H and O–H groups in total. The first-order valence-corrected chi connectivity index (χ1v) is 15.5. The number of piperazine rings is 1. The molecule has 2 aromatic rings. The van der Waals surface area contributed by atoms with Crippen LogP contribution in [0.15, 0.2) is 40.4 Å². The number of aliphatic carboxylic acids is 1. The second-order valence-electron chi connectivity index (χ2n) is 13.2. The van der Waals surface area contributed by atoms with Gasteiger partial charge in [-0.25, -0.2) is 13.2 Å². The molecule has 0 bridgehead atoms. The van der Waals surface area contributed by atoms with Crippen molar-refractivity contribution in [2.24, 2.45) is 11.8 Å². The smallest absolute Gasteiger partial charge is 0.352 e. The summed E-state index contributed by atoms with van der Waals surface area (Å²) in [6, 6.07) is 7.26. The highest BCUT2D eigenvalue weighted by Crippen LogP contribution is 2.51. The number of carboxylic acids is 1. The Balaban J connectivity index is 1.31. The van der Waals surface area contributed by atoms with Gasteiger partial charge in [-0.05, 0) is 30.0 Å². The maximum Gasteiger partial charge on any atom is 0.352 e. The molecule has 40 heavy (non-hydrogen) atoms. The zero-order valence-corrected chi connectivity index (χ0v) is 24.1. The molecule has 2 aromatic carbocycles. The lowest BCUT2D eigenvalue weighted by molar-refractivity contribution is -1.03. The number of nitrogens with zero attached hydrogens (tertiary/aromatic N) is 4.